The highest BCUT2D eigenvalue weighted by atomic mass is 16.6. The number of carbonyl (C=O) groups excluding carboxylic acids is 2. The molecular weight excluding hydrogens is 552 g/mol. The van der Waals surface area contributed by atoms with E-state index in [0.717, 1.165) is 27.2 Å². The van der Waals surface area contributed by atoms with Crippen molar-refractivity contribution in [3.05, 3.63) is 107 Å². The van der Waals surface area contributed by atoms with Crippen molar-refractivity contribution in [1.29, 1.82) is 0 Å². The molecule has 2 amide bonds. The summed E-state index contributed by atoms with van der Waals surface area (Å²) in [5, 5.41) is 22.6. The zero-order valence-electron chi connectivity index (χ0n) is 26.9. The molecule has 4 N–H and O–H groups in total. The molecule has 0 heterocycles. The van der Waals surface area contributed by atoms with Crippen LogP contribution in [0.4, 0.5) is 4.79 Å². The van der Waals surface area contributed by atoms with Crippen LogP contribution >= 0.6 is 0 Å². The zero-order chi connectivity index (χ0) is 32.2. The molecule has 3 aromatic carbocycles. The Balaban J connectivity index is 1.70. The molecule has 0 saturated heterocycles. The zero-order valence-corrected chi connectivity index (χ0v) is 26.9. The first-order chi connectivity index (χ1) is 20.6. The minimum absolute atomic E-state index is 0.0341. The summed E-state index contributed by atoms with van der Waals surface area (Å²) in [5.41, 5.74) is 10.2. The highest BCUT2D eigenvalue weighted by Gasteiger charge is 2.45. The van der Waals surface area contributed by atoms with Gasteiger partial charge in [-0.25, -0.2) is 9.69 Å². The number of imide groups is 1. The smallest absolute Gasteiger partial charge is 0.417 e. The maximum Gasteiger partial charge on any atom is 0.417 e. The molecule has 0 radical (unpaired) electrons. The molecule has 0 bridgehead atoms. The molecule has 0 aliphatic heterocycles. The van der Waals surface area contributed by atoms with E-state index in [2.05, 4.69) is 32.9 Å². The van der Waals surface area contributed by atoms with Crippen LogP contribution < -0.4 is 5.73 Å². The van der Waals surface area contributed by atoms with Crippen molar-refractivity contribution >= 4 is 12.0 Å². The third-order valence-electron chi connectivity index (χ3n) is 8.26. The van der Waals surface area contributed by atoms with E-state index < -0.39 is 47.8 Å². The summed E-state index contributed by atoms with van der Waals surface area (Å²) in [6, 6.07) is 23.7. The molecule has 3 unspecified atom stereocenters. The van der Waals surface area contributed by atoms with Crippen molar-refractivity contribution in [2.75, 3.05) is 0 Å². The van der Waals surface area contributed by atoms with E-state index in [1.54, 1.807) is 20.8 Å². The van der Waals surface area contributed by atoms with Crippen molar-refractivity contribution in [2.45, 2.75) is 103 Å². The van der Waals surface area contributed by atoms with Crippen molar-refractivity contribution < 1.29 is 24.5 Å². The average molecular weight is 601 g/mol. The number of aliphatic hydroxyl groups excluding tert-OH is 2. The molecule has 0 saturated carbocycles. The van der Waals surface area contributed by atoms with E-state index >= 15 is 0 Å². The van der Waals surface area contributed by atoms with Crippen LogP contribution in [0, 0.1) is 5.92 Å². The minimum atomic E-state index is -1.01. The lowest BCUT2D eigenvalue weighted by Gasteiger charge is -2.35. The van der Waals surface area contributed by atoms with Crippen LogP contribution in [0.3, 0.4) is 0 Å². The lowest BCUT2D eigenvalue weighted by Crippen LogP contribution is -2.49. The van der Waals surface area contributed by atoms with Crippen molar-refractivity contribution in [2.24, 2.45) is 11.7 Å². The molecule has 236 valence electrons. The summed E-state index contributed by atoms with van der Waals surface area (Å²) in [4.78, 5) is 29.5. The number of hydrogen-bond acceptors (Lipinski definition) is 6. The molecule has 0 spiro atoms. The summed E-state index contributed by atoms with van der Waals surface area (Å²) in [5.74, 6) is -1.31. The van der Waals surface area contributed by atoms with E-state index in [9.17, 15) is 19.8 Å². The maximum absolute atomic E-state index is 14.6. The van der Waals surface area contributed by atoms with Gasteiger partial charge < -0.3 is 20.7 Å². The van der Waals surface area contributed by atoms with E-state index in [1.165, 1.54) is 0 Å². The van der Waals surface area contributed by atoms with Gasteiger partial charge in [-0.05, 0) is 73.3 Å². The van der Waals surface area contributed by atoms with E-state index in [4.69, 9.17) is 10.5 Å². The molecule has 44 heavy (non-hydrogen) atoms. The predicted octanol–water partition coefficient (Wildman–Crippen LogP) is 5.89. The summed E-state index contributed by atoms with van der Waals surface area (Å²) < 4.78 is 5.75. The fraction of sp³-hybridized carbons (Fsp3) is 0.459. The topological polar surface area (TPSA) is 113 Å². The van der Waals surface area contributed by atoms with Crippen LogP contribution in [-0.4, -0.2) is 51.0 Å². The fourth-order valence-electron chi connectivity index (χ4n) is 5.90. The van der Waals surface area contributed by atoms with Gasteiger partial charge in [-0.3, -0.25) is 4.79 Å². The highest BCUT2D eigenvalue weighted by molar-refractivity contribution is 5.94. The fourth-order valence-corrected chi connectivity index (χ4v) is 5.90. The Kier molecular flexibility index (Phi) is 10.3. The van der Waals surface area contributed by atoms with E-state index in [1.807, 2.05) is 66.7 Å². The van der Waals surface area contributed by atoms with Crippen LogP contribution in [0.2, 0.25) is 0 Å². The minimum Gasteiger partial charge on any atom is -0.443 e. The SMILES string of the molecule is CC(C)(C)OC(=O)N(C(=O)C(Cc1ccc(C(C)(C)C)cc1)CC(O)C(N)Cc1ccccc1)[C@H]1c2ccccc2C[C@@H]1O. The lowest BCUT2D eigenvalue weighted by molar-refractivity contribution is -0.140. The molecule has 3 aromatic rings. The molecule has 1 aliphatic rings. The van der Waals surface area contributed by atoms with Crippen LogP contribution in [-0.2, 0) is 34.2 Å². The standard InChI is InChI=1S/C37H48N2O5/c1-36(2,3)28-18-16-25(17-19-28)20-27(23-31(40)30(38)21-24-12-8-7-9-13-24)34(42)39(35(43)44-37(4,5)6)33-29-15-11-10-14-26(29)22-32(33)41/h7-19,27,30-33,40-41H,20-23,38H2,1-6H3/t27?,30?,31?,32-,33-/m0/s1. The molecule has 7 nitrogen and oxygen atoms in total. The predicted molar refractivity (Wildman–Crippen MR) is 173 cm³/mol. The van der Waals surface area contributed by atoms with Gasteiger partial charge in [-0.15, -0.1) is 0 Å². The van der Waals surface area contributed by atoms with Crippen LogP contribution in [0.25, 0.3) is 0 Å². The van der Waals surface area contributed by atoms with Gasteiger partial charge in [0.25, 0.3) is 0 Å². The maximum atomic E-state index is 14.6. The van der Waals surface area contributed by atoms with Gasteiger partial charge in [0.15, 0.2) is 0 Å². The number of aliphatic hydroxyl groups is 2. The molecule has 1 aliphatic carbocycles. The number of nitrogens with zero attached hydrogens (tertiary/aromatic N) is 1. The molecule has 5 atom stereocenters. The van der Waals surface area contributed by atoms with Gasteiger partial charge in [0.2, 0.25) is 5.91 Å². The largest absolute Gasteiger partial charge is 0.443 e. The summed E-state index contributed by atoms with van der Waals surface area (Å²) >= 11 is 0. The van der Waals surface area contributed by atoms with Gasteiger partial charge in [0.05, 0.1) is 18.2 Å². The number of benzene rings is 3. The Labute approximate surface area is 262 Å². The average Bonchev–Trinajstić information content (AvgIpc) is 3.27. The van der Waals surface area contributed by atoms with Crippen LogP contribution in [0.5, 0.6) is 0 Å². The summed E-state index contributed by atoms with van der Waals surface area (Å²) in [6.45, 7) is 11.7. The summed E-state index contributed by atoms with van der Waals surface area (Å²) in [7, 11) is 0. The van der Waals surface area contributed by atoms with Crippen LogP contribution in [0.1, 0.15) is 81.8 Å². The first-order valence-corrected chi connectivity index (χ1v) is 15.5. The summed E-state index contributed by atoms with van der Waals surface area (Å²) in [6.07, 6.45) is -1.75. The lowest BCUT2D eigenvalue weighted by atomic mass is 9.84. The normalized spacial score (nSPS) is 18.7. The van der Waals surface area contributed by atoms with E-state index in [0.29, 0.717) is 18.4 Å². The first-order valence-electron chi connectivity index (χ1n) is 15.5. The second-order valence-corrected chi connectivity index (χ2v) is 14.1. The van der Waals surface area contributed by atoms with E-state index in [-0.39, 0.29) is 18.3 Å². The molecule has 4 rings (SSSR count). The molecular formula is C37H48N2O5. The highest BCUT2D eigenvalue weighted by Crippen LogP contribution is 2.38. The van der Waals surface area contributed by atoms with Gasteiger partial charge in [-0.1, -0.05) is 99.6 Å². The number of ether oxygens (including phenoxy) is 1. The number of rotatable bonds is 9. The number of nitrogens with two attached hydrogens (primary N) is 1. The molecule has 0 fully saturated rings. The number of fused-ring (bicyclic) bond motifs is 1. The Hall–Kier alpha value is -3.52. The monoisotopic (exact) mass is 600 g/mol. The molecule has 0 aromatic heterocycles. The Morgan fingerprint density at radius 1 is 0.886 bits per heavy atom. The van der Waals surface area contributed by atoms with Gasteiger partial charge in [0.1, 0.15) is 5.60 Å². The third-order valence-corrected chi connectivity index (χ3v) is 8.26. The van der Waals surface area contributed by atoms with Gasteiger partial charge in [0, 0.05) is 18.4 Å². The Morgan fingerprint density at radius 3 is 2.09 bits per heavy atom. The number of carbonyl (C=O) groups is 2. The second kappa shape index (κ2) is 13.6. The number of hydrogen-bond donors (Lipinski definition) is 3. The van der Waals surface area contributed by atoms with Crippen molar-refractivity contribution in [3.63, 3.8) is 0 Å². The quantitative estimate of drug-likeness (QED) is 0.283. The Bertz CT molecular complexity index is 1410. The van der Waals surface area contributed by atoms with Crippen molar-refractivity contribution in [3.8, 4) is 0 Å². The number of amides is 2. The first kappa shape index (κ1) is 33.4. The Morgan fingerprint density at radius 2 is 1.48 bits per heavy atom. The van der Waals surface area contributed by atoms with Gasteiger partial charge >= 0.3 is 6.09 Å². The second-order valence-electron chi connectivity index (χ2n) is 14.1. The third kappa shape index (κ3) is 8.35. The van der Waals surface area contributed by atoms with Crippen LogP contribution in [0.15, 0.2) is 78.9 Å². The molecule has 7 heteroatoms. The van der Waals surface area contributed by atoms with Gasteiger partial charge in [-0.2, -0.15) is 0 Å². The van der Waals surface area contributed by atoms with Crippen molar-refractivity contribution in [1.82, 2.24) is 4.90 Å².